The highest BCUT2D eigenvalue weighted by atomic mass is 16.2. The van der Waals surface area contributed by atoms with E-state index in [9.17, 15) is 9.59 Å². The fourth-order valence-electron chi connectivity index (χ4n) is 2.15. The largest absolute Gasteiger partial charge is 0.352 e. The standard InChI is InChI=1S/C15H23N3O2/c1-9(2)5-13(18-15(16)20)14(19)17-12-7-10(3)6-11(4)8-12/h6-9,13H,5H2,1-4H3,(H,17,19)(H3,16,18,20)/t13-/m0/s1. The second-order valence-electron chi connectivity index (χ2n) is 5.56. The highest BCUT2D eigenvalue weighted by Crippen LogP contribution is 2.15. The highest BCUT2D eigenvalue weighted by Gasteiger charge is 2.21. The second kappa shape index (κ2) is 6.93. The number of benzene rings is 1. The number of carbonyl (C=O) groups excluding carboxylic acids is 2. The van der Waals surface area contributed by atoms with Crippen LogP contribution >= 0.6 is 0 Å². The molecule has 0 heterocycles. The maximum Gasteiger partial charge on any atom is 0.312 e. The van der Waals surface area contributed by atoms with Crippen LogP contribution in [0.25, 0.3) is 0 Å². The molecule has 0 fully saturated rings. The zero-order valence-corrected chi connectivity index (χ0v) is 12.5. The summed E-state index contributed by atoms with van der Waals surface area (Å²) in [5, 5.41) is 5.31. The van der Waals surface area contributed by atoms with E-state index in [1.807, 2.05) is 45.9 Å². The minimum Gasteiger partial charge on any atom is -0.352 e. The third-order valence-electron chi connectivity index (χ3n) is 2.83. The Hall–Kier alpha value is -2.04. The van der Waals surface area contributed by atoms with E-state index in [0.717, 1.165) is 16.8 Å². The summed E-state index contributed by atoms with van der Waals surface area (Å²) in [5.41, 5.74) is 7.99. The van der Waals surface area contributed by atoms with Crippen LogP contribution in [0.2, 0.25) is 0 Å². The molecule has 0 radical (unpaired) electrons. The average Bonchev–Trinajstić information content (AvgIpc) is 2.24. The van der Waals surface area contributed by atoms with Gasteiger partial charge in [-0.3, -0.25) is 4.79 Å². The van der Waals surface area contributed by atoms with E-state index in [1.165, 1.54) is 0 Å². The van der Waals surface area contributed by atoms with Gasteiger partial charge in [0.15, 0.2) is 0 Å². The van der Waals surface area contributed by atoms with Crippen LogP contribution < -0.4 is 16.4 Å². The molecule has 0 aliphatic heterocycles. The molecule has 0 bridgehead atoms. The SMILES string of the molecule is Cc1cc(C)cc(NC(=O)[C@H](CC(C)C)NC(N)=O)c1. The van der Waals surface area contributed by atoms with Crippen LogP contribution in [0.1, 0.15) is 31.4 Å². The minimum atomic E-state index is -0.689. The molecule has 5 heteroatoms. The molecular weight excluding hydrogens is 254 g/mol. The number of rotatable bonds is 5. The van der Waals surface area contributed by atoms with Crippen molar-refractivity contribution >= 4 is 17.6 Å². The molecule has 0 aliphatic rings. The van der Waals surface area contributed by atoms with Gasteiger partial charge in [0.05, 0.1) is 0 Å². The number of amides is 3. The Morgan fingerprint density at radius 2 is 1.70 bits per heavy atom. The summed E-state index contributed by atoms with van der Waals surface area (Å²) >= 11 is 0. The molecule has 1 aromatic carbocycles. The second-order valence-corrected chi connectivity index (χ2v) is 5.56. The Kier molecular flexibility index (Phi) is 5.55. The van der Waals surface area contributed by atoms with Crippen molar-refractivity contribution in [2.75, 3.05) is 5.32 Å². The lowest BCUT2D eigenvalue weighted by Gasteiger charge is -2.19. The Labute approximate surface area is 119 Å². The quantitative estimate of drug-likeness (QED) is 0.771. The minimum absolute atomic E-state index is 0.248. The van der Waals surface area contributed by atoms with Crippen molar-refractivity contribution in [2.45, 2.75) is 40.2 Å². The number of nitrogens with one attached hydrogen (secondary N) is 2. The van der Waals surface area contributed by atoms with Gasteiger partial charge in [-0.15, -0.1) is 0 Å². The summed E-state index contributed by atoms with van der Waals surface area (Å²) in [6, 6.07) is 4.51. The Morgan fingerprint density at radius 1 is 1.15 bits per heavy atom. The van der Waals surface area contributed by atoms with E-state index in [1.54, 1.807) is 0 Å². The van der Waals surface area contributed by atoms with Crippen LogP contribution in [0.5, 0.6) is 0 Å². The molecule has 5 nitrogen and oxygen atoms in total. The molecule has 0 aromatic heterocycles. The van der Waals surface area contributed by atoms with Gasteiger partial charge >= 0.3 is 6.03 Å². The van der Waals surface area contributed by atoms with Crippen LogP contribution in [0.3, 0.4) is 0 Å². The van der Waals surface area contributed by atoms with Crippen LogP contribution in [0.4, 0.5) is 10.5 Å². The van der Waals surface area contributed by atoms with Crippen LogP contribution in [-0.2, 0) is 4.79 Å². The zero-order valence-electron chi connectivity index (χ0n) is 12.5. The van der Waals surface area contributed by atoms with Gasteiger partial charge in [-0.05, 0) is 49.4 Å². The third-order valence-corrected chi connectivity index (χ3v) is 2.83. The number of carbonyl (C=O) groups is 2. The van der Waals surface area contributed by atoms with E-state index in [0.29, 0.717) is 6.42 Å². The molecule has 1 atom stereocenters. The van der Waals surface area contributed by atoms with Gasteiger partial charge < -0.3 is 16.4 Å². The van der Waals surface area contributed by atoms with E-state index >= 15 is 0 Å². The molecule has 110 valence electrons. The highest BCUT2D eigenvalue weighted by molar-refractivity contribution is 5.97. The molecule has 1 rings (SSSR count). The predicted molar refractivity (Wildman–Crippen MR) is 80.5 cm³/mol. The summed E-state index contributed by atoms with van der Waals surface area (Å²) in [4.78, 5) is 23.2. The summed E-state index contributed by atoms with van der Waals surface area (Å²) in [7, 11) is 0. The van der Waals surface area contributed by atoms with E-state index in [2.05, 4.69) is 10.6 Å². The number of aryl methyl sites for hydroxylation is 2. The van der Waals surface area contributed by atoms with Crippen molar-refractivity contribution in [3.8, 4) is 0 Å². The summed E-state index contributed by atoms with van der Waals surface area (Å²) < 4.78 is 0. The molecule has 3 amide bonds. The van der Waals surface area contributed by atoms with Crippen molar-refractivity contribution in [2.24, 2.45) is 11.7 Å². The topological polar surface area (TPSA) is 84.2 Å². The predicted octanol–water partition coefficient (Wildman–Crippen LogP) is 2.32. The van der Waals surface area contributed by atoms with Gasteiger partial charge in [-0.1, -0.05) is 19.9 Å². The van der Waals surface area contributed by atoms with Crippen molar-refractivity contribution in [3.05, 3.63) is 29.3 Å². The molecule has 0 spiro atoms. The number of nitrogens with two attached hydrogens (primary N) is 1. The monoisotopic (exact) mass is 277 g/mol. The number of primary amides is 1. The number of hydrogen-bond acceptors (Lipinski definition) is 2. The van der Waals surface area contributed by atoms with E-state index in [4.69, 9.17) is 5.73 Å². The van der Waals surface area contributed by atoms with Gasteiger partial charge in [-0.2, -0.15) is 0 Å². The van der Waals surface area contributed by atoms with Crippen molar-refractivity contribution in [1.29, 1.82) is 0 Å². The Bertz CT molecular complexity index is 478. The normalized spacial score (nSPS) is 12.1. The third kappa shape index (κ3) is 5.30. The molecule has 1 aromatic rings. The first-order valence-corrected chi connectivity index (χ1v) is 6.73. The summed E-state index contributed by atoms with van der Waals surface area (Å²) in [6.45, 7) is 7.91. The molecule has 0 saturated carbocycles. The van der Waals surface area contributed by atoms with Gasteiger partial charge in [0.1, 0.15) is 6.04 Å². The summed E-state index contributed by atoms with van der Waals surface area (Å²) in [5.74, 6) is 0.0272. The van der Waals surface area contributed by atoms with Gasteiger partial charge in [0.25, 0.3) is 0 Å². The Morgan fingerprint density at radius 3 is 2.15 bits per heavy atom. The average molecular weight is 277 g/mol. The lowest BCUT2D eigenvalue weighted by atomic mass is 10.0. The maximum absolute atomic E-state index is 12.2. The Balaban J connectivity index is 2.81. The fourth-order valence-corrected chi connectivity index (χ4v) is 2.15. The first-order valence-electron chi connectivity index (χ1n) is 6.73. The molecule has 0 unspecified atom stereocenters. The van der Waals surface area contributed by atoms with Crippen molar-refractivity contribution in [3.63, 3.8) is 0 Å². The van der Waals surface area contributed by atoms with Gasteiger partial charge in [0, 0.05) is 5.69 Å². The van der Waals surface area contributed by atoms with E-state index in [-0.39, 0.29) is 11.8 Å². The van der Waals surface area contributed by atoms with Crippen molar-refractivity contribution in [1.82, 2.24) is 5.32 Å². The molecule has 0 saturated heterocycles. The molecular formula is C15H23N3O2. The first-order chi connectivity index (χ1) is 9.27. The first kappa shape index (κ1) is 16.0. The maximum atomic E-state index is 12.2. The van der Waals surface area contributed by atoms with Crippen LogP contribution in [0, 0.1) is 19.8 Å². The lowest BCUT2D eigenvalue weighted by molar-refractivity contribution is -0.118. The van der Waals surface area contributed by atoms with Crippen LogP contribution in [0.15, 0.2) is 18.2 Å². The number of hydrogen-bond donors (Lipinski definition) is 3. The van der Waals surface area contributed by atoms with Gasteiger partial charge in [-0.25, -0.2) is 4.79 Å². The molecule has 0 aliphatic carbocycles. The lowest BCUT2D eigenvalue weighted by Crippen LogP contribution is -2.46. The van der Waals surface area contributed by atoms with Crippen LogP contribution in [-0.4, -0.2) is 18.0 Å². The zero-order chi connectivity index (χ0) is 15.3. The number of anilines is 1. The smallest absolute Gasteiger partial charge is 0.312 e. The van der Waals surface area contributed by atoms with Gasteiger partial charge in [0.2, 0.25) is 5.91 Å². The molecule has 4 N–H and O–H groups in total. The number of urea groups is 1. The van der Waals surface area contributed by atoms with Crippen molar-refractivity contribution < 1.29 is 9.59 Å². The molecule has 20 heavy (non-hydrogen) atoms. The fraction of sp³-hybridized carbons (Fsp3) is 0.467. The van der Waals surface area contributed by atoms with E-state index < -0.39 is 12.1 Å². The summed E-state index contributed by atoms with van der Waals surface area (Å²) in [6.07, 6.45) is 0.541.